The van der Waals surface area contributed by atoms with E-state index in [1.165, 1.54) is 0 Å². The third kappa shape index (κ3) is 6.08. The van der Waals surface area contributed by atoms with E-state index in [0.29, 0.717) is 26.2 Å². The molecule has 2 N–H and O–H groups in total. The number of aromatic nitrogens is 1. The number of nitrogens with zero attached hydrogens (tertiary/aromatic N) is 2. The van der Waals surface area contributed by atoms with Crippen molar-refractivity contribution < 1.29 is 14.3 Å². The first-order chi connectivity index (χ1) is 16.6. The maximum Gasteiger partial charge on any atom is 0.310 e. The van der Waals surface area contributed by atoms with Crippen LogP contribution in [0.2, 0.25) is 0 Å². The van der Waals surface area contributed by atoms with Crippen LogP contribution in [0.15, 0.2) is 67.0 Å². The molecule has 0 aliphatic heterocycles. The Balaban J connectivity index is 1.65. The van der Waals surface area contributed by atoms with Gasteiger partial charge in [0.2, 0.25) is 5.91 Å². The molecule has 0 unspecified atom stereocenters. The standard InChI is InChI=1S/C28H31N3O3/c1-2-34-27(32)14-22-13-24(17-30-16-22)26-11-8-21(15-29)12-25(26)19-31(28(33)23-9-10-23)18-20-6-4-3-5-7-20/h3-8,11-13,16-17,23H,2,9-10,14-15,18-19,29H2,1H3. The molecule has 1 aliphatic carbocycles. The first-order valence-corrected chi connectivity index (χ1v) is 11.8. The van der Waals surface area contributed by atoms with Crippen LogP contribution in [-0.4, -0.2) is 28.4 Å². The molecule has 0 spiro atoms. The summed E-state index contributed by atoms with van der Waals surface area (Å²) in [6.07, 6.45) is 5.57. The predicted octanol–water partition coefficient (Wildman–Crippen LogP) is 4.25. The van der Waals surface area contributed by atoms with E-state index in [9.17, 15) is 9.59 Å². The Kier molecular flexibility index (Phi) is 7.70. The third-order valence-corrected chi connectivity index (χ3v) is 5.98. The zero-order chi connectivity index (χ0) is 23.9. The van der Waals surface area contributed by atoms with Crippen molar-refractivity contribution in [2.24, 2.45) is 11.7 Å². The SMILES string of the molecule is CCOC(=O)Cc1cncc(-c2ccc(CN)cc2CN(Cc2ccccc2)C(=O)C2CC2)c1. The van der Waals surface area contributed by atoms with E-state index in [1.807, 2.05) is 53.4 Å². The zero-order valence-corrected chi connectivity index (χ0v) is 19.6. The van der Waals surface area contributed by atoms with Gasteiger partial charge in [0.25, 0.3) is 0 Å². The minimum atomic E-state index is -0.274. The molecule has 1 heterocycles. The van der Waals surface area contributed by atoms with Crippen LogP contribution >= 0.6 is 0 Å². The van der Waals surface area contributed by atoms with Crippen molar-refractivity contribution in [3.8, 4) is 11.1 Å². The lowest BCUT2D eigenvalue weighted by Crippen LogP contribution is -2.31. The summed E-state index contributed by atoms with van der Waals surface area (Å²) < 4.78 is 5.08. The number of nitrogens with two attached hydrogens (primary N) is 1. The lowest BCUT2D eigenvalue weighted by atomic mass is 9.96. The van der Waals surface area contributed by atoms with Gasteiger partial charge in [0.15, 0.2) is 0 Å². The van der Waals surface area contributed by atoms with Gasteiger partial charge in [0.1, 0.15) is 0 Å². The highest BCUT2D eigenvalue weighted by atomic mass is 16.5. The molecule has 0 bridgehead atoms. The first-order valence-electron chi connectivity index (χ1n) is 11.8. The van der Waals surface area contributed by atoms with Crippen LogP contribution < -0.4 is 5.73 Å². The Morgan fingerprint density at radius 2 is 1.79 bits per heavy atom. The third-order valence-electron chi connectivity index (χ3n) is 5.98. The monoisotopic (exact) mass is 457 g/mol. The van der Waals surface area contributed by atoms with Crippen LogP contribution in [0.5, 0.6) is 0 Å². The van der Waals surface area contributed by atoms with E-state index in [2.05, 4.69) is 11.1 Å². The number of hydrogen-bond acceptors (Lipinski definition) is 5. The van der Waals surface area contributed by atoms with E-state index in [0.717, 1.165) is 46.2 Å². The normalized spacial score (nSPS) is 12.9. The number of hydrogen-bond donors (Lipinski definition) is 1. The van der Waals surface area contributed by atoms with Crippen molar-refractivity contribution in [1.29, 1.82) is 0 Å². The predicted molar refractivity (Wildman–Crippen MR) is 131 cm³/mol. The number of carbonyl (C=O) groups excluding carboxylic acids is 2. The van der Waals surface area contributed by atoms with E-state index in [4.69, 9.17) is 10.5 Å². The summed E-state index contributed by atoms with van der Waals surface area (Å²) in [5, 5.41) is 0. The van der Waals surface area contributed by atoms with Gasteiger partial charge in [-0.05, 0) is 53.6 Å². The molecule has 6 heteroatoms. The molecule has 1 aromatic heterocycles. The topological polar surface area (TPSA) is 85.5 Å². The number of amides is 1. The summed E-state index contributed by atoms with van der Waals surface area (Å²) in [6, 6.07) is 18.1. The van der Waals surface area contributed by atoms with Gasteiger partial charge in [0, 0.05) is 43.5 Å². The molecular formula is C28H31N3O3. The van der Waals surface area contributed by atoms with E-state index >= 15 is 0 Å². The Morgan fingerprint density at radius 3 is 2.50 bits per heavy atom. The fourth-order valence-corrected chi connectivity index (χ4v) is 4.11. The highest BCUT2D eigenvalue weighted by Gasteiger charge is 2.33. The van der Waals surface area contributed by atoms with Crippen LogP contribution in [0.1, 0.15) is 42.0 Å². The summed E-state index contributed by atoms with van der Waals surface area (Å²) in [7, 11) is 0. The molecule has 1 amide bonds. The number of benzene rings is 2. The molecule has 1 aliphatic rings. The maximum absolute atomic E-state index is 13.2. The quantitative estimate of drug-likeness (QED) is 0.460. The highest BCUT2D eigenvalue weighted by Crippen LogP contribution is 2.33. The first kappa shape index (κ1) is 23.6. The highest BCUT2D eigenvalue weighted by molar-refractivity contribution is 5.81. The van der Waals surface area contributed by atoms with Crippen molar-refractivity contribution in [3.63, 3.8) is 0 Å². The summed E-state index contributed by atoms with van der Waals surface area (Å²) in [5.74, 6) is 0.0470. The van der Waals surface area contributed by atoms with Gasteiger partial charge in [0.05, 0.1) is 13.0 Å². The minimum Gasteiger partial charge on any atom is -0.466 e. The van der Waals surface area contributed by atoms with Crippen LogP contribution in [0.3, 0.4) is 0 Å². The number of esters is 1. The molecule has 34 heavy (non-hydrogen) atoms. The number of carbonyl (C=O) groups is 2. The van der Waals surface area contributed by atoms with Gasteiger partial charge in [-0.3, -0.25) is 14.6 Å². The fraction of sp³-hybridized carbons (Fsp3) is 0.321. The molecule has 6 nitrogen and oxygen atoms in total. The van der Waals surface area contributed by atoms with Gasteiger partial charge in [-0.1, -0.05) is 48.5 Å². The Hall–Kier alpha value is -3.51. The van der Waals surface area contributed by atoms with Crippen LogP contribution in [-0.2, 0) is 40.4 Å². The second kappa shape index (κ2) is 11.1. The van der Waals surface area contributed by atoms with Gasteiger partial charge in [-0.25, -0.2) is 0 Å². The zero-order valence-electron chi connectivity index (χ0n) is 19.6. The van der Waals surface area contributed by atoms with Crippen molar-refractivity contribution in [3.05, 3.63) is 89.2 Å². The molecule has 3 aromatic rings. The Morgan fingerprint density at radius 1 is 1.00 bits per heavy atom. The van der Waals surface area contributed by atoms with Crippen LogP contribution in [0.25, 0.3) is 11.1 Å². The van der Waals surface area contributed by atoms with Crippen molar-refractivity contribution in [2.75, 3.05) is 6.61 Å². The minimum absolute atomic E-state index is 0.124. The summed E-state index contributed by atoms with van der Waals surface area (Å²) in [4.78, 5) is 31.5. The van der Waals surface area contributed by atoms with Gasteiger partial charge in [-0.2, -0.15) is 0 Å². The van der Waals surface area contributed by atoms with Gasteiger partial charge >= 0.3 is 5.97 Å². The Bertz CT molecular complexity index is 1140. The molecule has 0 atom stereocenters. The Labute approximate surface area is 200 Å². The second-order valence-electron chi connectivity index (χ2n) is 8.71. The smallest absolute Gasteiger partial charge is 0.310 e. The van der Waals surface area contributed by atoms with Gasteiger partial charge < -0.3 is 15.4 Å². The second-order valence-corrected chi connectivity index (χ2v) is 8.71. The lowest BCUT2D eigenvalue weighted by molar-refractivity contribution is -0.142. The van der Waals surface area contributed by atoms with Crippen molar-refractivity contribution in [1.82, 2.24) is 9.88 Å². The molecular weight excluding hydrogens is 426 g/mol. The number of rotatable bonds is 10. The van der Waals surface area contributed by atoms with Crippen LogP contribution in [0.4, 0.5) is 0 Å². The summed E-state index contributed by atoms with van der Waals surface area (Å²) >= 11 is 0. The number of pyridine rings is 1. The fourth-order valence-electron chi connectivity index (χ4n) is 4.11. The lowest BCUT2D eigenvalue weighted by Gasteiger charge is -2.25. The van der Waals surface area contributed by atoms with Crippen molar-refractivity contribution >= 4 is 11.9 Å². The maximum atomic E-state index is 13.2. The molecule has 1 fully saturated rings. The van der Waals surface area contributed by atoms with E-state index in [1.54, 1.807) is 19.3 Å². The van der Waals surface area contributed by atoms with Crippen molar-refractivity contribution in [2.45, 2.75) is 45.8 Å². The average Bonchev–Trinajstić information content (AvgIpc) is 3.70. The van der Waals surface area contributed by atoms with E-state index < -0.39 is 0 Å². The molecule has 1 saturated carbocycles. The van der Waals surface area contributed by atoms with E-state index in [-0.39, 0.29) is 24.2 Å². The van der Waals surface area contributed by atoms with Gasteiger partial charge in [-0.15, -0.1) is 0 Å². The number of ether oxygens (including phenoxy) is 1. The molecule has 176 valence electrons. The largest absolute Gasteiger partial charge is 0.466 e. The molecule has 4 rings (SSSR count). The molecule has 2 aromatic carbocycles. The molecule has 0 saturated heterocycles. The summed E-state index contributed by atoms with van der Waals surface area (Å²) in [5.41, 5.74) is 11.7. The molecule has 0 radical (unpaired) electrons. The van der Waals surface area contributed by atoms with Crippen LogP contribution in [0, 0.1) is 5.92 Å². The summed E-state index contributed by atoms with van der Waals surface area (Å²) in [6.45, 7) is 3.60. The average molecular weight is 458 g/mol.